The van der Waals surface area contributed by atoms with E-state index in [9.17, 15) is 4.79 Å². The molecule has 0 saturated heterocycles. The molecule has 0 spiro atoms. The van der Waals surface area contributed by atoms with E-state index in [1.165, 1.54) is 0 Å². The number of benzene rings is 1. The summed E-state index contributed by atoms with van der Waals surface area (Å²) in [6.07, 6.45) is 1.09. The Bertz CT molecular complexity index is 424. The first-order valence-electron chi connectivity index (χ1n) is 6.49. The SMILES string of the molecule is CCCNCCNC(=O)C(C)c1ccc(Cl)c(Cl)c1. The lowest BCUT2D eigenvalue weighted by Gasteiger charge is -2.13. The second-order valence-electron chi connectivity index (χ2n) is 4.44. The topological polar surface area (TPSA) is 41.1 Å². The van der Waals surface area contributed by atoms with Crippen LogP contribution in [0.1, 0.15) is 31.7 Å². The Hall–Kier alpha value is -0.770. The van der Waals surface area contributed by atoms with E-state index in [-0.39, 0.29) is 11.8 Å². The zero-order valence-electron chi connectivity index (χ0n) is 11.3. The van der Waals surface area contributed by atoms with E-state index < -0.39 is 0 Å². The molecule has 1 unspecified atom stereocenters. The monoisotopic (exact) mass is 302 g/mol. The third-order valence-corrected chi connectivity index (χ3v) is 3.60. The lowest BCUT2D eigenvalue weighted by Crippen LogP contribution is -2.34. The molecular weight excluding hydrogens is 283 g/mol. The molecule has 1 rings (SSSR count). The summed E-state index contributed by atoms with van der Waals surface area (Å²) in [6, 6.07) is 5.28. The fraction of sp³-hybridized carbons (Fsp3) is 0.500. The molecule has 1 aromatic carbocycles. The Kier molecular flexibility index (Phi) is 7.21. The van der Waals surface area contributed by atoms with Gasteiger partial charge in [0.2, 0.25) is 5.91 Å². The molecule has 0 aromatic heterocycles. The van der Waals surface area contributed by atoms with E-state index in [4.69, 9.17) is 23.2 Å². The molecule has 0 aliphatic carbocycles. The van der Waals surface area contributed by atoms with Crippen LogP contribution in [0.2, 0.25) is 10.0 Å². The Morgan fingerprint density at radius 2 is 1.95 bits per heavy atom. The van der Waals surface area contributed by atoms with Crippen LogP contribution in [-0.4, -0.2) is 25.5 Å². The number of carbonyl (C=O) groups is 1. The molecule has 0 fully saturated rings. The van der Waals surface area contributed by atoms with Gasteiger partial charge in [0.1, 0.15) is 0 Å². The number of rotatable bonds is 7. The zero-order valence-corrected chi connectivity index (χ0v) is 12.8. The van der Waals surface area contributed by atoms with Crippen LogP contribution in [0.15, 0.2) is 18.2 Å². The predicted molar refractivity (Wildman–Crippen MR) is 81.0 cm³/mol. The predicted octanol–water partition coefficient (Wildman–Crippen LogP) is 3.21. The van der Waals surface area contributed by atoms with Crippen LogP contribution in [0.4, 0.5) is 0 Å². The fourth-order valence-electron chi connectivity index (χ4n) is 1.66. The van der Waals surface area contributed by atoms with Crippen LogP contribution < -0.4 is 10.6 Å². The van der Waals surface area contributed by atoms with Crippen LogP contribution in [0.25, 0.3) is 0 Å². The molecule has 19 heavy (non-hydrogen) atoms. The highest BCUT2D eigenvalue weighted by molar-refractivity contribution is 6.42. The van der Waals surface area contributed by atoms with Gasteiger partial charge < -0.3 is 10.6 Å². The molecule has 5 heteroatoms. The Morgan fingerprint density at radius 3 is 2.58 bits per heavy atom. The van der Waals surface area contributed by atoms with Gasteiger partial charge in [0.15, 0.2) is 0 Å². The Balaban J connectivity index is 2.45. The summed E-state index contributed by atoms with van der Waals surface area (Å²) >= 11 is 11.8. The van der Waals surface area contributed by atoms with Gasteiger partial charge in [-0.15, -0.1) is 0 Å². The molecule has 1 amide bonds. The van der Waals surface area contributed by atoms with Crippen LogP contribution in [0, 0.1) is 0 Å². The van der Waals surface area contributed by atoms with E-state index >= 15 is 0 Å². The van der Waals surface area contributed by atoms with Crippen LogP contribution in [0.5, 0.6) is 0 Å². The average molecular weight is 303 g/mol. The molecule has 0 aliphatic rings. The van der Waals surface area contributed by atoms with Crippen molar-refractivity contribution in [2.75, 3.05) is 19.6 Å². The first-order chi connectivity index (χ1) is 9.06. The molecule has 1 atom stereocenters. The minimum Gasteiger partial charge on any atom is -0.354 e. The molecule has 2 N–H and O–H groups in total. The summed E-state index contributed by atoms with van der Waals surface area (Å²) in [5.74, 6) is -0.238. The maximum absolute atomic E-state index is 12.0. The van der Waals surface area contributed by atoms with Crippen LogP contribution in [0.3, 0.4) is 0 Å². The molecular formula is C14H20Cl2N2O. The van der Waals surface area contributed by atoms with Crippen LogP contribution in [-0.2, 0) is 4.79 Å². The summed E-state index contributed by atoms with van der Waals surface area (Å²) in [7, 11) is 0. The van der Waals surface area contributed by atoms with E-state index in [2.05, 4.69) is 17.6 Å². The summed E-state index contributed by atoms with van der Waals surface area (Å²) < 4.78 is 0. The van der Waals surface area contributed by atoms with Gasteiger partial charge in [0.25, 0.3) is 0 Å². The molecule has 3 nitrogen and oxygen atoms in total. The number of hydrogen-bond donors (Lipinski definition) is 2. The van der Waals surface area contributed by atoms with E-state index in [0.717, 1.165) is 25.1 Å². The molecule has 0 bridgehead atoms. The van der Waals surface area contributed by atoms with Gasteiger partial charge in [-0.25, -0.2) is 0 Å². The fourth-order valence-corrected chi connectivity index (χ4v) is 1.97. The largest absolute Gasteiger partial charge is 0.354 e. The summed E-state index contributed by atoms with van der Waals surface area (Å²) in [6.45, 7) is 6.35. The van der Waals surface area contributed by atoms with E-state index in [0.29, 0.717) is 16.6 Å². The van der Waals surface area contributed by atoms with Gasteiger partial charge in [-0.05, 0) is 37.6 Å². The van der Waals surface area contributed by atoms with Gasteiger partial charge in [-0.3, -0.25) is 4.79 Å². The van der Waals surface area contributed by atoms with Gasteiger partial charge in [0, 0.05) is 13.1 Å². The first kappa shape index (κ1) is 16.3. The highest BCUT2D eigenvalue weighted by Crippen LogP contribution is 2.26. The summed E-state index contributed by atoms with van der Waals surface area (Å²) in [4.78, 5) is 12.0. The molecule has 106 valence electrons. The lowest BCUT2D eigenvalue weighted by molar-refractivity contribution is -0.122. The summed E-state index contributed by atoms with van der Waals surface area (Å²) in [5.41, 5.74) is 0.869. The van der Waals surface area contributed by atoms with Crippen molar-refractivity contribution in [3.05, 3.63) is 33.8 Å². The highest BCUT2D eigenvalue weighted by Gasteiger charge is 2.15. The first-order valence-corrected chi connectivity index (χ1v) is 7.25. The van der Waals surface area contributed by atoms with Crippen molar-refractivity contribution in [3.8, 4) is 0 Å². The third-order valence-electron chi connectivity index (χ3n) is 2.86. The molecule has 1 aromatic rings. The number of amides is 1. The second kappa shape index (κ2) is 8.41. The second-order valence-corrected chi connectivity index (χ2v) is 5.25. The van der Waals surface area contributed by atoms with Crippen molar-refractivity contribution >= 4 is 29.1 Å². The van der Waals surface area contributed by atoms with Crippen molar-refractivity contribution in [3.63, 3.8) is 0 Å². The highest BCUT2D eigenvalue weighted by atomic mass is 35.5. The quantitative estimate of drug-likeness (QED) is 0.759. The Morgan fingerprint density at radius 1 is 1.21 bits per heavy atom. The van der Waals surface area contributed by atoms with Gasteiger partial charge in [-0.1, -0.05) is 36.2 Å². The third kappa shape index (κ3) is 5.39. The molecule has 0 radical (unpaired) electrons. The maximum atomic E-state index is 12.0. The average Bonchev–Trinajstić information content (AvgIpc) is 2.40. The van der Waals surface area contributed by atoms with Crippen molar-refractivity contribution in [1.82, 2.24) is 10.6 Å². The minimum absolute atomic E-state index is 0.00307. The Labute approximate surface area is 124 Å². The van der Waals surface area contributed by atoms with E-state index in [1.54, 1.807) is 12.1 Å². The van der Waals surface area contributed by atoms with Gasteiger partial charge >= 0.3 is 0 Å². The molecule has 0 saturated carbocycles. The maximum Gasteiger partial charge on any atom is 0.227 e. The standard InChI is InChI=1S/C14H20Cl2N2O/c1-3-6-17-7-8-18-14(19)10(2)11-4-5-12(15)13(16)9-11/h4-5,9-10,17H,3,6-8H2,1-2H3,(H,18,19). The molecule has 0 aliphatic heterocycles. The van der Waals surface area contributed by atoms with Crippen LogP contribution >= 0.6 is 23.2 Å². The normalized spacial score (nSPS) is 12.2. The number of carbonyl (C=O) groups excluding carboxylic acids is 1. The van der Waals surface area contributed by atoms with Crippen molar-refractivity contribution in [1.29, 1.82) is 0 Å². The lowest BCUT2D eigenvalue weighted by atomic mass is 10.0. The van der Waals surface area contributed by atoms with E-state index in [1.807, 2.05) is 13.0 Å². The minimum atomic E-state index is -0.235. The molecule has 0 heterocycles. The number of halogens is 2. The smallest absolute Gasteiger partial charge is 0.227 e. The summed E-state index contributed by atoms with van der Waals surface area (Å²) in [5, 5.41) is 7.11. The number of hydrogen-bond acceptors (Lipinski definition) is 2. The van der Waals surface area contributed by atoms with Crippen molar-refractivity contribution < 1.29 is 4.79 Å². The number of nitrogens with one attached hydrogen (secondary N) is 2. The van der Waals surface area contributed by atoms with Crippen molar-refractivity contribution in [2.45, 2.75) is 26.2 Å². The van der Waals surface area contributed by atoms with Gasteiger partial charge in [-0.2, -0.15) is 0 Å². The van der Waals surface area contributed by atoms with Gasteiger partial charge in [0.05, 0.1) is 16.0 Å². The zero-order chi connectivity index (χ0) is 14.3. The van der Waals surface area contributed by atoms with Crippen molar-refractivity contribution in [2.24, 2.45) is 0 Å².